The third-order valence-electron chi connectivity index (χ3n) is 3.23. The van der Waals surface area contributed by atoms with Crippen LogP contribution in [0.25, 0.3) is 10.8 Å². The Morgan fingerprint density at radius 1 is 1.19 bits per heavy atom. The van der Waals surface area contributed by atoms with Crippen molar-refractivity contribution in [1.29, 1.82) is 0 Å². The maximum Gasteiger partial charge on any atom is 0.255 e. The number of hydrogen-bond acceptors (Lipinski definition) is 3. The summed E-state index contributed by atoms with van der Waals surface area (Å²) in [5.41, 5.74) is 0.604. The average molecular weight is 287 g/mol. The van der Waals surface area contributed by atoms with Gasteiger partial charge in [-0.15, -0.1) is 0 Å². The van der Waals surface area contributed by atoms with Gasteiger partial charge in [-0.3, -0.25) is 4.79 Å². The molecule has 2 aromatic rings. The molecule has 0 unspecified atom stereocenters. The summed E-state index contributed by atoms with van der Waals surface area (Å²) in [4.78, 5) is 12.5. The zero-order chi connectivity index (χ0) is 15.1. The van der Waals surface area contributed by atoms with Crippen LogP contribution in [0.3, 0.4) is 0 Å². The van der Waals surface area contributed by atoms with Crippen LogP contribution < -0.4 is 10.1 Å². The van der Waals surface area contributed by atoms with Gasteiger partial charge < -0.3 is 14.8 Å². The highest BCUT2D eigenvalue weighted by atomic mass is 16.5. The van der Waals surface area contributed by atoms with Gasteiger partial charge in [-0.25, -0.2) is 0 Å². The van der Waals surface area contributed by atoms with Crippen molar-refractivity contribution in [2.45, 2.75) is 13.3 Å². The third-order valence-corrected chi connectivity index (χ3v) is 3.23. The first-order valence-corrected chi connectivity index (χ1v) is 7.19. The molecule has 1 N–H and O–H groups in total. The fourth-order valence-corrected chi connectivity index (χ4v) is 2.27. The first kappa shape index (κ1) is 15.3. The average Bonchev–Trinajstić information content (AvgIpc) is 2.51. The minimum Gasteiger partial charge on any atom is -0.493 e. The van der Waals surface area contributed by atoms with Crippen LogP contribution in [0.1, 0.15) is 23.7 Å². The lowest BCUT2D eigenvalue weighted by Gasteiger charge is -2.13. The zero-order valence-corrected chi connectivity index (χ0v) is 12.5. The number of benzene rings is 2. The number of methoxy groups -OCH3 is 1. The van der Waals surface area contributed by atoms with E-state index in [-0.39, 0.29) is 5.91 Å². The van der Waals surface area contributed by atoms with E-state index in [4.69, 9.17) is 9.47 Å². The van der Waals surface area contributed by atoms with Crippen molar-refractivity contribution in [3.63, 3.8) is 0 Å². The van der Waals surface area contributed by atoms with Crippen LogP contribution in [-0.4, -0.2) is 32.8 Å². The lowest BCUT2D eigenvalue weighted by atomic mass is 10.0. The lowest BCUT2D eigenvalue weighted by molar-refractivity contribution is 0.0946. The molecule has 0 saturated heterocycles. The number of fused-ring (bicyclic) bond motifs is 1. The molecule has 0 saturated carbocycles. The van der Waals surface area contributed by atoms with Crippen LogP contribution in [0.2, 0.25) is 0 Å². The van der Waals surface area contributed by atoms with Gasteiger partial charge in [-0.2, -0.15) is 0 Å². The lowest BCUT2D eigenvalue weighted by Crippen LogP contribution is -2.26. The number of amides is 1. The molecule has 4 nitrogen and oxygen atoms in total. The van der Waals surface area contributed by atoms with Gasteiger partial charge in [0.05, 0.1) is 12.2 Å². The van der Waals surface area contributed by atoms with Crippen molar-refractivity contribution in [2.75, 3.05) is 26.9 Å². The minimum absolute atomic E-state index is 0.105. The maximum absolute atomic E-state index is 12.5. The highest BCUT2D eigenvalue weighted by molar-refractivity contribution is 6.09. The molecule has 0 aliphatic heterocycles. The fraction of sp³-hybridized carbons (Fsp3) is 0.353. The highest BCUT2D eigenvalue weighted by Gasteiger charge is 2.16. The van der Waals surface area contributed by atoms with E-state index < -0.39 is 0 Å². The monoisotopic (exact) mass is 287 g/mol. The van der Waals surface area contributed by atoms with Crippen molar-refractivity contribution in [3.8, 4) is 5.75 Å². The van der Waals surface area contributed by atoms with Gasteiger partial charge in [0, 0.05) is 20.3 Å². The first-order valence-electron chi connectivity index (χ1n) is 7.19. The summed E-state index contributed by atoms with van der Waals surface area (Å²) < 4.78 is 10.6. The van der Waals surface area contributed by atoms with Crippen molar-refractivity contribution in [1.82, 2.24) is 5.32 Å². The Morgan fingerprint density at radius 3 is 2.76 bits per heavy atom. The molecular formula is C17H21NO3. The number of rotatable bonds is 7. The van der Waals surface area contributed by atoms with E-state index >= 15 is 0 Å². The van der Waals surface area contributed by atoms with E-state index in [2.05, 4.69) is 5.32 Å². The highest BCUT2D eigenvalue weighted by Crippen LogP contribution is 2.28. The van der Waals surface area contributed by atoms with Gasteiger partial charge in [0.2, 0.25) is 0 Å². The number of hydrogen-bond donors (Lipinski definition) is 1. The Balaban J connectivity index is 2.30. The molecule has 0 radical (unpaired) electrons. The van der Waals surface area contributed by atoms with Crippen molar-refractivity contribution in [2.24, 2.45) is 0 Å². The van der Waals surface area contributed by atoms with E-state index in [1.807, 2.05) is 43.3 Å². The van der Waals surface area contributed by atoms with Gasteiger partial charge >= 0.3 is 0 Å². The fourth-order valence-electron chi connectivity index (χ4n) is 2.27. The Morgan fingerprint density at radius 2 is 2.00 bits per heavy atom. The van der Waals surface area contributed by atoms with Crippen molar-refractivity contribution in [3.05, 3.63) is 42.0 Å². The quantitative estimate of drug-likeness (QED) is 0.796. The molecule has 21 heavy (non-hydrogen) atoms. The number of nitrogens with one attached hydrogen (secondary N) is 1. The summed E-state index contributed by atoms with van der Waals surface area (Å²) in [5, 5.41) is 4.87. The molecule has 0 heterocycles. The predicted molar refractivity (Wildman–Crippen MR) is 83.9 cm³/mol. The summed E-state index contributed by atoms with van der Waals surface area (Å²) in [6.07, 6.45) is 0.789. The largest absolute Gasteiger partial charge is 0.493 e. The molecule has 0 aromatic heterocycles. The molecule has 0 spiro atoms. The van der Waals surface area contributed by atoms with Crippen LogP contribution in [0.5, 0.6) is 5.75 Å². The van der Waals surface area contributed by atoms with Crippen LogP contribution in [-0.2, 0) is 4.74 Å². The van der Waals surface area contributed by atoms with E-state index in [0.29, 0.717) is 31.1 Å². The molecule has 112 valence electrons. The maximum atomic E-state index is 12.5. The zero-order valence-electron chi connectivity index (χ0n) is 12.5. The Hall–Kier alpha value is -2.07. The predicted octanol–water partition coefficient (Wildman–Crippen LogP) is 3.00. The van der Waals surface area contributed by atoms with Crippen LogP contribution in [0, 0.1) is 0 Å². The Kier molecular flexibility index (Phi) is 5.58. The van der Waals surface area contributed by atoms with Crippen molar-refractivity contribution < 1.29 is 14.3 Å². The molecule has 0 fully saturated rings. The van der Waals surface area contributed by atoms with E-state index in [0.717, 1.165) is 17.2 Å². The second-order valence-corrected chi connectivity index (χ2v) is 4.70. The summed E-state index contributed by atoms with van der Waals surface area (Å²) in [5.74, 6) is 0.520. The molecule has 1 amide bonds. The summed E-state index contributed by atoms with van der Waals surface area (Å²) in [6, 6.07) is 11.7. The smallest absolute Gasteiger partial charge is 0.255 e. The van der Waals surface area contributed by atoms with Gasteiger partial charge in [0.25, 0.3) is 5.91 Å². The second-order valence-electron chi connectivity index (χ2n) is 4.70. The van der Waals surface area contributed by atoms with Crippen LogP contribution in [0.15, 0.2) is 36.4 Å². The molecular weight excluding hydrogens is 266 g/mol. The topological polar surface area (TPSA) is 47.6 Å². The summed E-state index contributed by atoms with van der Waals surface area (Å²) in [7, 11) is 1.65. The Labute approximate surface area is 125 Å². The molecule has 0 atom stereocenters. The molecule has 4 heteroatoms. The van der Waals surface area contributed by atoms with E-state index in [9.17, 15) is 4.79 Å². The van der Waals surface area contributed by atoms with Crippen LogP contribution >= 0.6 is 0 Å². The van der Waals surface area contributed by atoms with Crippen molar-refractivity contribution >= 4 is 16.7 Å². The Bertz CT molecular complexity index is 610. The van der Waals surface area contributed by atoms with E-state index in [1.165, 1.54) is 0 Å². The number of carbonyl (C=O) groups excluding carboxylic acids is 1. The number of ether oxygens (including phenoxy) is 2. The van der Waals surface area contributed by atoms with Crippen LogP contribution in [0.4, 0.5) is 0 Å². The molecule has 2 aromatic carbocycles. The third kappa shape index (κ3) is 3.73. The number of carbonyl (C=O) groups is 1. The normalized spacial score (nSPS) is 10.6. The minimum atomic E-state index is -0.105. The second kappa shape index (κ2) is 7.64. The first-order chi connectivity index (χ1) is 10.3. The summed E-state index contributed by atoms with van der Waals surface area (Å²) in [6.45, 7) is 3.66. The molecule has 0 aliphatic rings. The molecule has 0 bridgehead atoms. The van der Waals surface area contributed by atoms with Gasteiger partial charge in [-0.05, 0) is 30.2 Å². The van der Waals surface area contributed by atoms with Gasteiger partial charge in [-0.1, -0.05) is 30.3 Å². The van der Waals surface area contributed by atoms with E-state index in [1.54, 1.807) is 7.11 Å². The molecule has 0 aliphatic carbocycles. The van der Waals surface area contributed by atoms with Gasteiger partial charge in [0.1, 0.15) is 5.75 Å². The molecule has 2 rings (SSSR count). The SMILES string of the molecule is CCOc1ccc2ccccc2c1C(=O)NCCCOC. The summed E-state index contributed by atoms with van der Waals surface area (Å²) >= 11 is 0. The standard InChI is InChI=1S/C17H21NO3/c1-3-21-15-10-9-13-7-4-5-8-14(13)16(15)17(19)18-11-6-12-20-2/h4-5,7-10H,3,6,11-12H2,1-2H3,(H,18,19). The van der Waals surface area contributed by atoms with Gasteiger partial charge in [0.15, 0.2) is 0 Å².